The van der Waals surface area contributed by atoms with Gasteiger partial charge < -0.3 is 11.1 Å². The molecule has 4 nitrogen and oxygen atoms in total. The lowest BCUT2D eigenvalue weighted by Crippen LogP contribution is -2.00. The van der Waals surface area contributed by atoms with Crippen molar-refractivity contribution in [2.24, 2.45) is 0 Å². The zero-order valence-electron chi connectivity index (χ0n) is 8.11. The Hall–Kier alpha value is -1.33. The minimum absolute atomic E-state index is 0.490. The van der Waals surface area contributed by atoms with Crippen molar-refractivity contribution in [3.8, 4) is 0 Å². The molecular weight excluding hydrogens is 291 g/mol. The van der Waals surface area contributed by atoms with E-state index in [-0.39, 0.29) is 0 Å². The highest BCUT2D eigenvalue weighted by molar-refractivity contribution is 9.10. The Kier molecular flexibility index (Phi) is 3.26. The SMILES string of the molecule is Nc1cncnc1Nc1ccc(Cl)cc1Br. The van der Waals surface area contributed by atoms with E-state index in [0.717, 1.165) is 10.2 Å². The minimum atomic E-state index is 0.490. The van der Waals surface area contributed by atoms with Crippen molar-refractivity contribution in [2.45, 2.75) is 0 Å². The van der Waals surface area contributed by atoms with Gasteiger partial charge in [-0.25, -0.2) is 9.97 Å². The van der Waals surface area contributed by atoms with Crippen molar-refractivity contribution < 1.29 is 0 Å². The van der Waals surface area contributed by atoms with Crippen LogP contribution in [0, 0.1) is 0 Å². The van der Waals surface area contributed by atoms with Gasteiger partial charge >= 0.3 is 0 Å². The van der Waals surface area contributed by atoms with E-state index in [9.17, 15) is 0 Å². The smallest absolute Gasteiger partial charge is 0.157 e. The van der Waals surface area contributed by atoms with Crippen LogP contribution in [-0.2, 0) is 0 Å². The molecule has 2 rings (SSSR count). The fourth-order valence-electron chi connectivity index (χ4n) is 1.16. The molecule has 0 atom stereocenters. The lowest BCUT2D eigenvalue weighted by atomic mass is 10.3. The van der Waals surface area contributed by atoms with Gasteiger partial charge in [-0.05, 0) is 34.1 Å². The third-order valence-corrected chi connectivity index (χ3v) is 2.82. The fourth-order valence-corrected chi connectivity index (χ4v) is 1.95. The number of nitrogens with two attached hydrogens (primary N) is 1. The maximum absolute atomic E-state index is 5.84. The first-order valence-electron chi connectivity index (χ1n) is 4.44. The van der Waals surface area contributed by atoms with Crippen molar-refractivity contribution in [3.05, 3.63) is 40.2 Å². The van der Waals surface area contributed by atoms with Crippen molar-refractivity contribution in [2.75, 3.05) is 11.1 Å². The van der Waals surface area contributed by atoms with E-state index in [4.69, 9.17) is 17.3 Å². The summed E-state index contributed by atoms with van der Waals surface area (Å²) in [5, 5.41) is 3.75. The second-order valence-electron chi connectivity index (χ2n) is 3.08. The molecule has 0 aliphatic rings. The van der Waals surface area contributed by atoms with E-state index >= 15 is 0 Å². The summed E-state index contributed by atoms with van der Waals surface area (Å²) in [6, 6.07) is 5.42. The van der Waals surface area contributed by atoms with Crippen LogP contribution in [0.4, 0.5) is 17.2 Å². The lowest BCUT2D eigenvalue weighted by Gasteiger charge is -2.09. The number of anilines is 3. The summed E-state index contributed by atoms with van der Waals surface area (Å²) < 4.78 is 0.845. The van der Waals surface area contributed by atoms with Crippen LogP contribution >= 0.6 is 27.5 Å². The van der Waals surface area contributed by atoms with Crippen LogP contribution < -0.4 is 11.1 Å². The van der Waals surface area contributed by atoms with E-state index < -0.39 is 0 Å². The minimum Gasteiger partial charge on any atom is -0.394 e. The number of hydrogen-bond acceptors (Lipinski definition) is 4. The van der Waals surface area contributed by atoms with Crippen molar-refractivity contribution in [1.29, 1.82) is 0 Å². The molecule has 82 valence electrons. The van der Waals surface area contributed by atoms with Crippen molar-refractivity contribution >= 4 is 44.7 Å². The van der Waals surface area contributed by atoms with E-state index in [0.29, 0.717) is 16.5 Å². The van der Waals surface area contributed by atoms with Gasteiger partial charge in [-0.2, -0.15) is 0 Å². The highest BCUT2D eigenvalue weighted by atomic mass is 79.9. The monoisotopic (exact) mass is 298 g/mol. The molecule has 0 saturated carbocycles. The summed E-state index contributed by atoms with van der Waals surface area (Å²) in [6.07, 6.45) is 2.97. The van der Waals surface area contributed by atoms with E-state index in [2.05, 4.69) is 31.2 Å². The zero-order valence-corrected chi connectivity index (χ0v) is 10.5. The number of nitrogens with zero attached hydrogens (tertiary/aromatic N) is 2. The van der Waals surface area contributed by atoms with Crippen molar-refractivity contribution in [3.63, 3.8) is 0 Å². The maximum Gasteiger partial charge on any atom is 0.157 e. The summed E-state index contributed by atoms with van der Waals surface area (Å²) >= 11 is 9.24. The number of hydrogen-bond donors (Lipinski definition) is 2. The van der Waals surface area contributed by atoms with Crippen LogP contribution in [-0.4, -0.2) is 9.97 Å². The molecule has 0 radical (unpaired) electrons. The predicted octanol–water partition coefficient (Wildman–Crippen LogP) is 3.22. The van der Waals surface area contributed by atoms with Gasteiger partial charge in [0.15, 0.2) is 5.82 Å². The number of aromatic nitrogens is 2. The lowest BCUT2D eigenvalue weighted by molar-refractivity contribution is 1.17. The third kappa shape index (κ3) is 2.43. The molecule has 0 aliphatic heterocycles. The van der Waals surface area contributed by atoms with Gasteiger partial charge in [0.05, 0.1) is 17.6 Å². The Balaban J connectivity index is 2.31. The molecule has 0 spiro atoms. The second-order valence-corrected chi connectivity index (χ2v) is 4.37. The van der Waals surface area contributed by atoms with E-state index in [1.165, 1.54) is 6.33 Å². The molecule has 0 aliphatic carbocycles. The normalized spacial score (nSPS) is 10.1. The average molecular weight is 300 g/mol. The van der Waals surface area contributed by atoms with E-state index in [1.54, 1.807) is 18.3 Å². The molecule has 0 unspecified atom stereocenters. The molecular formula is C10H8BrClN4. The van der Waals surface area contributed by atoms with E-state index in [1.807, 2.05) is 6.07 Å². The summed E-state index contributed by atoms with van der Waals surface area (Å²) in [4.78, 5) is 7.85. The molecule has 0 saturated heterocycles. The molecule has 16 heavy (non-hydrogen) atoms. The molecule has 0 bridgehead atoms. The standard InChI is InChI=1S/C10H8BrClN4/c11-7-3-6(12)1-2-9(7)16-10-8(13)4-14-5-15-10/h1-5H,13H2,(H,14,15,16). The summed E-state index contributed by atoms with van der Waals surface area (Å²) in [6.45, 7) is 0. The topological polar surface area (TPSA) is 63.8 Å². The van der Waals surface area contributed by atoms with Gasteiger partial charge in [-0.15, -0.1) is 0 Å². The first-order valence-corrected chi connectivity index (χ1v) is 5.61. The Bertz CT molecular complexity index is 518. The van der Waals surface area contributed by atoms with Crippen LogP contribution in [0.25, 0.3) is 0 Å². The number of benzene rings is 1. The summed E-state index contributed by atoms with van der Waals surface area (Å²) in [5.41, 5.74) is 7.05. The molecule has 1 heterocycles. The predicted molar refractivity (Wildman–Crippen MR) is 68.9 cm³/mol. The van der Waals surface area contributed by atoms with Crippen LogP contribution in [0.5, 0.6) is 0 Å². The Morgan fingerprint density at radius 1 is 1.38 bits per heavy atom. The van der Waals surface area contributed by atoms with Crippen LogP contribution in [0.3, 0.4) is 0 Å². The maximum atomic E-state index is 5.84. The summed E-state index contributed by atoms with van der Waals surface area (Å²) in [5.74, 6) is 0.568. The largest absolute Gasteiger partial charge is 0.394 e. The van der Waals surface area contributed by atoms with Gasteiger partial charge in [0.25, 0.3) is 0 Å². The van der Waals surface area contributed by atoms with Crippen LogP contribution in [0.15, 0.2) is 35.2 Å². The Morgan fingerprint density at radius 3 is 2.88 bits per heavy atom. The highest BCUT2D eigenvalue weighted by Crippen LogP contribution is 2.29. The molecule has 0 fully saturated rings. The second kappa shape index (κ2) is 4.67. The number of rotatable bonds is 2. The van der Waals surface area contributed by atoms with Gasteiger partial charge in [-0.1, -0.05) is 11.6 Å². The third-order valence-electron chi connectivity index (χ3n) is 1.92. The molecule has 0 amide bonds. The molecule has 6 heteroatoms. The van der Waals surface area contributed by atoms with Gasteiger partial charge in [0.2, 0.25) is 0 Å². The first-order chi connectivity index (χ1) is 7.66. The quantitative estimate of drug-likeness (QED) is 0.893. The Morgan fingerprint density at radius 2 is 2.19 bits per heavy atom. The Labute approximate surface area is 106 Å². The average Bonchev–Trinajstić information content (AvgIpc) is 2.25. The zero-order chi connectivity index (χ0) is 11.5. The number of nitrogens with one attached hydrogen (secondary N) is 1. The molecule has 2 aromatic rings. The first kappa shape index (κ1) is 11.2. The van der Waals surface area contributed by atoms with Crippen LogP contribution in [0.2, 0.25) is 5.02 Å². The van der Waals surface area contributed by atoms with Gasteiger partial charge in [0, 0.05) is 9.50 Å². The molecule has 3 N–H and O–H groups in total. The summed E-state index contributed by atoms with van der Waals surface area (Å²) in [7, 11) is 0. The number of nitrogen functional groups attached to an aromatic ring is 1. The highest BCUT2D eigenvalue weighted by Gasteiger charge is 2.04. The van der Waals surface area contributed by atoms with Crippen molar-refractivity contribution in [1.82, 2.24) is 9.97 Å². The molecule has 1 aromatic carbocycles. The number of halogens is 2. The van der Waals surface area contributed by atoms with Crippen LogP contribution in [0.1, 0.15) is 0 Å². The van der Waals surface area contributed by atoms with Gasteiger partial charge in [0.1, 0.15) is 6.33 Å². The molecule has 1 aromatic heterocycles. The fraction of sp³-hybridized carbons (Fsp3) is 0. The van der Waals surface area contributed by atoms with Gasteiger partial charge in [-0.3, -0.25) is 0 Å².